The SMILES string of the molecule is CC[C@@H](C(=O)NC(C)(C)C)N(Cc1ccccc1)C(=O)CN(c1ccc(Cl)cc1Cl)S(C)(=O)=O. The van der Waals surface area contributed by atoms with Crippen LogP contribution in [0.2, 0.25) is 10.0 Å². The molecule has 0 saturated heterocycles. The number of halogens is 2. The first-order chi connectivity index (χ1) is 15.7. The number of carbonyl (C=O) groups excluding carboxylic acids is 2. The molecule has 7 nitrogen and oxygen atoms in total. The third-order valence-corrected chi connectivity index (χ3v) is 6.60. The van der Waals surface area contributed by atoms with E-state index in [4.69, 9.17) is 23.2 Å². The van der Waals surface area contributed by atoms with Crippen LogP contribution in [0.15, 0.2) is 48.5 Å². The number of hydrogen-bond acceptors (Lipinski definition) is 4. The van der Waals surface area contributed by atoms with Crippen molar-refractivity contribution >= 4 is 50.7 Å². The maximum absolute atomic E-state index is 13.6. The molecule has 0 fully saturated rings. The molecule has 0 bridgehead atoms. The molecule has 2 aromatic carbocycles. The second-order valence-electron chi connectivity index (χ2n) is 9.04. The summed E-state index contributed by atoms with van der Waals surface area (Å²) in [5, 5.41) is 3.35. The molecule has 0 aliphatic heterocycles. The van der Waals surface area contributed by atoms with Crippen LogP contribution in [0.25, 0.3) is 0 Å². The van der Waals surface area contributed by atoms with Crippen molar-refractivity contribution in [3.05, 3.63) is 64.1 Å². The third-order valence-electron chi connectivity index (χ3n) is 4.94. The average molecular weight is 529 g/mol. The number of nitrogens with zero attached hydrogens (tertiary/aromatic N) is 2. The van der Waals surface area contributed by atoms with Crippen molar-refractivity contribution in [1.29, 1.82) is 0 Å². The highest BCUT2D eigenvalue weighted by molar-refractivity contribution is 7.92. The molecule has 1 atom stereocenters. The predicted molar refractivity (Wildman–Crippen MR) is 138 cm³/mol. The second kappa shape index (κ2) is 11.4. The van der Waals surface area contributed by atoms with Crippen LogP contribution in [0, 0.1) is 0 Å². The molecule has 10 heteroatoms. The van der Waals surface area contributed by atoms with Gasteiger partial charge >= 0.3 is 0 Å². The number of amides is 2. The maximum atomic E-state index is 13.6. The Bertz CT molecular complexity index is 1120. The highest BCUT2D eigenvalue weighted by Crippen LogP contribution is 2.30. The van der Waals surface area contributed by atoms with E-state index in [1.807, 2.05) is 58.0 Å². The Morgan fingerprint density at radius 3 is 2.18 bits per heavy atom. The molecule has 0 saturated carbocycles. The number of sulfonamides is 1. The Morgan fingerprint density at radius 2 is 1.68 bits per heavy atom. The van der Waals surface area contributed by atoms with Crippen LogP contribution in [-0.4, -0.2) is 49.5 Å². The first-order valence-electron chi connectivity index (χ1n) is 10.8. The monoisotopic (exact) mass is 527 g/mol. The zero-order chi connectivity index (χ0) is 25.7. The fourth-order valence-corrected chi connectivity index (χ4v) is 4.85. The number of rotatable bonds is 9. The lowest BCUT2D eigenvalue weighted by Gasteiger charge is -2.34. The van der Waals surface area contributed by atoms with Crippen LogP contribution < -0.4 is 9.62 Å². The summed E-state index contributed by atoms with van der Waals surface area (Å²) in [6.45, 7) is 7.00. The smallest absolute Gasteiger partial charge is 0.244 e. The van der Waals surface area contributed by atoms with E-state index >= 15 is 0 Å². The Hall–Kier alpha value is -2.29. The molecule has 0 aliphatic rings. The van der Waals surface area contributed by atoms with Crippen molar-refractivity contribution in [1.82, 2.24) is 10.2 Å². The maximum Gasteiger partial charge on any atom is 0.244 e. The standard InChI is InChI=1S/C24H31Cl2N3O4S/c1-6-20(23(31)27-24(2,3)4)28(15-17-10-8-7-9-11-17)22(30)16-29(34(5,32)33)21-13-12-18(25)14-19(21)26/h7-14,20H,6,15-16H2,1-5H3,(H,27,31)/t20-/m0/s1. The average Bonchev–Trinajstić information content (AvgIpc) is 2.71. The molecule has 0 radical (unpaired) electrons. The first-order valence-corrected chi connectivity index (χ1v) is 13.4. The van der Waals surface area contributed by atoms with E-state index in [1.54, 1.807) is 0 Å². The van der Waals surface area contributed by atoms with Gasteiger partial charge in [-0.1, -0.05) is 60.5 Å². The molecule has 0 heterocycles. The van der Waals surface area contributed by atoms with Crippen molar-refractivity contribution in [2.45, 2.75) is 52.2 Å². The molecule has 0 aromatic heterocycles. The van der Waals surface area contributed by atoms with Gasteiger partial charge in [-0.2, -0.15) is 0 Å². The van der Waals surface area contributed by atoms with E-state index in [1.165, 1.54) is 23.1 Å². The van der Waals surface area contributed by atoms with Gasteiger partial charge in [-0.15, -0.1) is 0 Å². The van der Waals surface area contributed by atoms with E-state index in [9.17, 15) is 18.0 Å². The highest BCUT2D eigenvalue weighted by atomic mass is 35.5. The Labute approximate surface area is 212 Å². The van der Waals surface area contributed by atoms with Crippen LogP contribution in [0.5, 0.6) is 0 Å². The quantitative estimate of drug-likeness (QED) is 0.520. The largest absolute Gasteiger partial charge is 0.350 e. The topological polar surface area (TPSA) is 86.8 Å². The summed E-state index contributed by atoms with van der Waals surface area (Å²) in [6.07, 6.45) is 1.34. The summed E-state index contributed by atoms with van der Waals surface area (Å²) in [4.78, 5) is 28.1. The summed E-state index contributed by atoms with van der Waals surface area (Å²) in [5.41, 5.74) is 0.448. The van der Waals surface area contributed by atoms with Gasteiger partial charge in [-0.05, 0) is 51.0 Å². The molecule has 0 aliphatic carbocycles. The van der Waals surface area contributed by atoms with Crippen molar-refractivity contribution in [3.63, 3.8) is 0 Å². The lowest BCUT2D eigenvalue weighted by atomic mass is 10.1. The van der Waals surface area contributed by atoms with Gasteiger partial charge in [-0.25, -0.2) is 8.42 Å². The summed E-state index contributed by atoms with van der Waals surface area (Å²) < 4.78 is 26.2. The fourth-order valence-electron chi connectivity index (χ4n) is 3.43. The van der Waals surface area contributed by atoms with Gasteiger partial charge in [0.15, 0.2) is 0 Å². The number of carbonyl (C=O) groups is 2. The molecule has 2 aromatic rings. The van der Waals surface area contributed by atoms with E-state index < -0.39 is 34.1 Å². The van der Waals surface area contributed by atoms with Crippen molar-refractivity contribution in [3.8, 4) is 0 Å². The van der Waals surface area contributed by atoms with Crippen molar-refractivity contribution in [2.24, 2.45) is 0 Å². The number of anilines is 1. The van der Waals surface area contributed by atoms with Crippen LogP contribution in [-0.2, 0) is 26.2 Å². The number of nitrogens with one attached hydrogen (secondary N) is 1. The Morgan fingerprint density at radius 1 is 1.06 bits per heavy atom. The predicted octanol–water partition coefficient (Wildman–Crippen LogP) is 4.48. The fraction of sp³-hybridized carbons (Fsp3) is 0.417. The number of hydrogen-bond donors (Lipinski definition) is 1. The lowest BCUT2D eigenvalue weighted by molar-refractivity contribution is -0.141. The minimum atomic E-state index is -3.88. The molecule has 2 rings (SSSR count). The van der Waals surface area contributed by atoms with Crippen LogP contribution in [0.4, 0.5) is 5.69 Å². The van der Waals surface area contributed by atoms with Crippen molar-refractivity contribution in [2.75, 3.05) is 17.1 Å². The molecule has 34 heavy (non-hydrogen) atoms. The molecular weight excluding hydrogens is 497 g/mol. The van der Waals surface area contributed by atoms with E-state index in [2.05, 4.69) is 5.32 Å². The molecule has 0 spiro atoms. The summed E-state index contributed by atoms with van der Waals surface area (Å²) in [6, 6.07) is 12.8. The van der Waals surface area contributed by atoms with Crippen molar-refractivity contribution < 1.29 is 18.0 Å². The molecule has 0 unspecified atom stereocenters. The van der Waals surface area contributed by atoms with Gasteiger partial charge in [0.25, 0.3) is 0 Å². The van der Waals surface area contributed by atoms with Gasteiger partial charge in [0, 0.05) is 17.1 Å². The Kier molecular flexibility index (Phi) is 9.39. The third kappa shape index (κ3) is 7.89. The van der Waals surface area contributed by atoms with E-state index in [-0.39, 0.29) is 23.2 Å². The molecule has 2 amide bonds. The zero-order valence-corrected chi connectivity index (χ0v) is 22.3. The normalized spacial score (nSPS) is 12.7. The summed E-state index contributed by atoms with van der Waals surface area (Å²) in [5.74, 6) is -0.842. The summed E-state index contributed by atoms with van der Waals surface area (Å²) in [7, 11) is -3.88. The molecule has 1 N–H and O–H groups in total. The van der Waals surface area contributed by atoms with Crippen LogP contribution in [0.1, 0.15) is 39.7 Å². The highest BCUT2D eigenvalue weighted by Gasteiger charge is 2.33. The van der Waals surface area contributed by atoms with Crippen LogP contribution in [0.3, 0.4) is 0 Å². The molecular formula is C24H31Cl2N3O4S. The van der Waals surface area contributed by atoms with Gasteiger partial charge in [-0.3, -0.25) is 13.9 Å². The first kappa shape index (κ1) is 28.0. The minimum Gasteiger partial charge on any atom is -0.350 e. The van der Waals surface area contributed by atoms with Crippen LogP contribution >= 0.6 is 23.2 Å². The minimum absolute atomic E-state index is 0.0952. The summed E-state index contributed by atoms with van der Waals surface area (Å²) >= 11 is 12.2. The Balaban J connectivity index is 2.46. The second-order valence-corrected chi connectivity index (χ2v) is 11.8. The zero-order valence-electron chi connectivity index (χ0n) is 20.0. The van der Waals surface area contributed by atoms with E-state index in [0.29, 0.717) is 11.4 Å². The number of benzene rings is 2. The van der Waals surface area contributed by atoms with Gasteiger partial charge in [0.2, 0.25) is 21.8 Å². The molecule has 186 valence electrons. The van der Waals surface area contributed by atoms with E-state index in [0.717, 1.165) is 16.1 Å². The van der Waals surface area contributed by atoms with Gasteiger partial charge in [0.05, 0.1) is 17.0 Å². The van der Waals surface area contributed by atoms with Gasteiger partial charge in [0.1, 0.15) is 12.6 Å². The van der Waals surface area contributed by atoms with Gasteiger partial charge < -0.3 is 10.2 Å². The lowest BCUT2D eigenvalue weighted by Crippen LogP contribution is -2.55.